The lowest BCUT2D eigenvalue weighted by molar-refractivity contribution is -0.135. The molecule has 0 atom stereocenters. The van der Waals surface area contributed by atoms with Crippen LogP contribution in [0.15, 0.2) is 18.6 Å². The molecule has 5 nitrogen and oxygen atoms in total. The van der Waals surface area contributed by atoms with E-state index in [1.807, 2.05) is 0 Å². The average Bonchev–Trinajstić information content (AvgIpc) is 2.64. The summed E-state index contributed by atoms with van der Waals surface area (Å²) in [6.45, 7) is 0. The molecule has 0 amide bonds. The van der Waals surface area contributed by atoms with E-state index in [0.29, 0.717) is 11.2 Å². The van der Waals surface area contributed by atoms with Crippen molar-refractivity contribution in [1.82, 2.24) is 15.0 Å². The first-order valence-corrected chi connectivity index (χ1v) is 4.25. The fraction of sp³-hybridized carbons (Fsp3) is 0.100. The third-order valence-electron chi connectivity index (χ3n) is 1.75. The van der Waals surface area contributed by atoms with E-state index in [9.17, 15) is 4.79 Å². The van der Waals surface area contributed by atoms with E-state index in [-0.39, 0.29) is 6.42 Å². The molecule has 2 N–H and O–H groups in total. The Balaban J connectivity index is 2.27. The van der Waals surface area contributed by atoms with Crippen LogP contribution in [0.4, 0.5) is 0 Å². The summed E-state index contributed by atoms with van der Waals surface area (Å²) in [4.78, 5) is 21.1. The Morgan fingerprint density at radius 2 is 2.40 bits per heavy atom. The minimum absolute atomic E-state index is 0.166. The summed E-state index contributed by atoms with van der Waals surface area (Å²) in [6.07, 6.45) is 2.95. The molecule has 2 aromatic heterocycles. The number of carboxylic acids is 1. The normalized spacial score (nSPS) is 9.60. The number of imidazole rings is 1. The predicted molar refractivity (Wildman–Crippen MR) is 53.0 cm³/mol. The first-order valence-electron chi connectivity index (χ1n) is 4.25. The van der Waals surface area contributed by atoms with E-state index in [1.54, 1.807) is 18.6 Å². The standard InChI is InChI=1S/C10H7N3O2/c14-9(15)3-1-2-7-4-8-10(11-5-7)13-6-12-8/h4-6H,3H2,(H,14,15)(H,11,12,13). The van der Waals surface area contributed by atoms with E-state index in [1.165, 1.54) is 0 Å². The second-order valence-corrected chi connectivity index (χ2v) is 2.87. The Bertz CT molecular complexity index is 563. The molecule has 0 bridgehead atoms. The van der Waals surface area contributed by atoms with Crippen molar-refractivity contribution >= 4 is 17.1 Å². The van der Waals surface area contributed by atoms with Crippen LogP contribution in [0.2, 0.25) is 0 Å². The van der Waals surface area contributed by atoms with Gasteiger partial charge in [0, 0.05) is 11.8 Å². The summed E-state index contributed by atoms with van der Waals surface area (Å²) >= 11 is 0. The molecule has 2 heterocycles. The minimum atomic E-state index is -0.932. The van der Waals surface area contributed by atoms with Crippen LogP contribution in [0.1, 0.15) is 12.0 Å². The highest BCUT2D eigenvalue weighted by Gasteiger charge is 1.97. The molecule has 0 radical (unpaired) electrons. The van der Waals surface area contributed by atoms with Gasteiger partial charge in [0.1, 0.15) is 6.42 Å². The molecule has 0 saturated heterocycles. The second-order valence-electron chi connectivity index (χ2n) is 2.87. The Labute approximate surface area is 85.2 Å². The number of aliphatic carboxylic acids is 1. The number of H-pyrrole nitrogens is 1. The van der Waals surface area contributed by atoms with Crippen LogP contribution in [0.25, 0.3) is 11.2 Å². The molecule has 0 spiro atoms. The van der Waals surface area contributed by atoms with Crippen molar-refractivity contribution in [2.24, 2.45) is 0 Å². The highest BCUT2D eigenvalue weighted by molar-refractivity contribution is 5.72. The molecule has 0 aliphatic rings. The molecular formula is C10H7N3O2. The Morgan fingerprint density at radius 3 is 3.20 bits per heavy atom. The van der Waals surface area contributed by atoms with Gasteiger partial charge in [0.25, 0.3) is 0 Å². The van der Waals surface area contributed by atoms with Gasteiger partial charge in [-0.3, -0.25) is 4.79 Å². The Hall–Kier alpha value is -2.35. The first kappa shape index (κ1) is 9.21. The van der Waals surface area contributed by atoms with Crippen molar-refractivity contribution in [3.63, 3.8) is 0 Å². The molecule has 15 heavy (non-hydrogen) atoms. The minimum Gasteiger partial charge on any atom is -0.481 e. The first-order chi connectivity index (χ1) is 7.25. The summed E-state index contributed by atoms with van der Waals surface area (Å²) in [6, 6.07) is 1.78. The largest absolute Gasteiger partial charge is 0.481 e. The molecule has 0 aliphatic carbocycles. The third kappa shape index (κ3) is 2.11. The maximum absolute atomic E-state index is 10.2. The van der Waals surface area contributed by atoms with Crippen LogP contribution in [-0.2, 0) is 4.79 Å². The zero-order chi connectivity index (χ0) is 10.7. The average molecular weight is 201 g/mol. The molecule has 0 fully saturated rings. The van der Waals surface area contributed by atoms with Crippen molar-refractivity contribution in [3.8, 4) is 11.8 Å². The third-order valence-corrected chi connectivity index (χ3v) is 1.75. The van der Waals surface area contributed by atoms with Gasteiger partial charge in [-0.2, -0.15) is 0 Å². The number of rotatable bonds is 1. The van der Waals surface area contributed by atoms with E-state index in [2.05, 4.69) is 26.8 Å². The molecule has 2 rings (SSSR count). The fourth-order valence-electron chi connectivity index (χ4n) is 1.12. The van der Waals surface area contributed by atoms with Crippen molar-refractivity contribution in [3.05, 3.63) is 24.2 Å². The van der Waals surface area contributed by atoms with Crippen LogP contribution in [0.3, 0.4) is 0 Å². The number of pyridine rings is 1. The van der Waals surface area contributed by atoms with Gasteiger partial charge in [0.15, 0.2) is 5.65 Å². The van der Waals surface area contributed by atoms with Crippen LogP contribution < -0.4 is 0 Å². The van der Waals surface area contributed by atoms with Crippen molar-refractivity contribution < 1.29 is 9.90 Å². The van der Waals surface area contributed by atoms with Gasteiger partial charge in [-0.25, -0.2) is 9.97 Å². The van der Waals surface area contributed by atoms with Crippen molar-refractivity contribution in [2.75, 3.05) is 0 Å². The summed E-state index contributed by atoms with van der Waals surface area (Å²) in [5.41, 5.74) is 2.09. The molecule has 74 valence electrons. The number of aromatic nitrogens is 3. The highest BCUT2D eigenvalue weighted by Crippen LogP contribution is 2.06. The molecular weight excluding hydrogens is 194 g/mol. The van der Waals surface area contributed by atoms with Gasteiger partial charge >= 0.3 is 5.97 Å². The number of fused-ring (bicyclic) bond motifs is 1. The molecule has 5 heteroatoms. The maximum Gasteiger partial charge on any atom is 0.315 e. The van der Waals surface area contributed by atoms with E-state index in [4.69, 9.17) is 5.11 Å². The summed E-state index contributed by atoms with van der Waals surface area (Å²) in [5.74, 6) is 4.32. The van der Waals surface area contributed by atoms with Crippen molar-refractivity contribution in [2.45, 2.75) is 6.42 Å². The van der Waals surface area contributed by atoms with E-state index < -0.39 is 5.97 Å². The van der Waals surface area contributed by atoms with Gasteiger partial charge in [0.2, 0.25) is 0 Å². The smallest absolute Gasteiger partial charge is 0.315 e. The van der Waals surface area contributed by atoms with Crippen LogP contribution in [0, 0.1) is 11.8 Å². The van der Waals surface area contributed by atoms with E-state index in [0.717, 1.165) is 5.52 Å². The second kappa shape index (κ2) is 3.80. The summed E-state index contributed by atoms with van der Waals surface area (Å²) in [7, 11) is 0. The quantitative estimate of drug-likeness (QED) is 0.668. The fourth-order valence-corrected chi connectivity index (χ4v) is 1.12. The maximum atomic E-state index is 10.2. The number of aromatic amines is 1. The number of nitrogens with zero attached hydrogens (tertiary/aromatic N) is 2. The zero-order valence-corrected chi connectivity index (χ0v) is 7.69. The SMILES string of the molecule is O=C(O)CC#Cc1cnc2nc[nH]c2c1. The summed E-state index contributed by atoms with van der Waals surface area (Å²) in [5, 5.41) is 8.40. The van der Waals surface area contributed by atoms with Gasteiger partial charge < -0.3 is 10.1 Å². The van der Waals surface area contributed by atoms with Crippen LogP contribution in [0.5, 0.6) is 0 Å². The topological polar surface area (TPSA) is 78.9 Å². The van der Waals surface area contributed by atoms with Gasteiger partial charge in [-0.15, -0.1) is 0 Å². The molecule has 0 unspecified atom stereocenters. The van der Waals surface area contributed by atoms with Gasteiger partial charge in [0.05, 0.1) is 11.8 Å². The van der Waals surface area contributed by atoms with Gasteiger partial charge in [-0.1, -0.05) is 11.8 Å². The molecule has 0 aromatic carbocycles. The molecule has 0 aliphatic heterocycles. The van der Waals surface area contributed by atoms with E-state index >= 15 is 0 Å². The number of carbonyl (C=O) groups is 1. The Morgan fingerprint density at radius 1 is 1.53 bits per heavy atom. The highest BCUT2D eigenvalue weighted by atomic mass is 16.4. The van der Waals surface area contributed by atoms with Crippen LogP contribution in [-0.4, -0.2) is 26.0 Å². The number of carboxylic acid groups (broad SMARTS) is 1. The number of nitrogens with one attached hydrogen (secondary N) is 1. The zero-order valence-electron chi connectivity index (χ0n) is 7.69. The van der Waals surface area contributed by atoms with Crippen molar-refractivity contribution in [1.29, 1.82) is 0 Å². The van der Waals surface area contributed by atoms with Gasteiger partial charge in [-0.05, 0) is 6.07 Å². The lowest BCUT2D eigenvalue weighted by atomic mass is 10.2. The lowest BCUT2D eigenvalue weighted by Crippen LogP contribution is -1.90. The van der Waals surface area contributed by atoms with Crippen LogP contribution >= 0.6 is 0 Å². The summed E-state index contributed by atoms with van der Waals surface area (Å²) < 4.78 is 0. The number of hydrogen-bond donors (Lipinski definition) is 2. The molecule has 2 aromatic rings. The number of hydrogen-bond acceptors (Lipinski definition) is 3. The monoisotopic (exact) mass is 201 g/mol. The molecule has 0 saturated carbocycles. The predicted octanol–water partition coefficient (Wildman–Crippen LogP) is 0.784. The lowest BCUT2D eigenvalue weighted by Gasteiger charge is -1.89. The Kier molecular flexibility index (Phi) is 2.33.